The van der Waals surface area contributed by atoms with Crippen molar-refractivity contribution in [1.29, 1.82) is 0 Å². The van der Waals surface area contributed by atoms with E-state index < -0.39 is 22.7 Å². The van der Waals surface area contributed by atoms with Gasteiger partial charge in [-0.3, -0.25) is 14.3 Å². The Morgan fingerprint density at radius 2 is 2.45 bits per heavy atom. The molecule has 0 spiro atoms. The molecule has 0 fully saturated rings. The Kier molecular flexibility index (Phi) is 6.08. The molecule has 0 aliphatic rings. The van der Waals surface area contributed by atoms with Crippen LogP contribution < -0.4 is 10.6 Å². The van der Waals surface area contributed by atoms with Crippen LogP contribution in [0.3, 0.4) is 0 Å². The van der Waals surface area contributed by atoms with Crippen molar-refractivity contribution >= 4 is 22.1 Å². The Hall–Kier alpha value is -1.52. The summed E-state index contributed by atoms with van der Waals surface area (Å²) in [6.45, 7) is -1.71. The highest BCUT2D eigenvalue weighted by molar-refractivity contribution is 7.84. The molecule has 1 aromatic heterocycles. The SMILES string of the molecule is [2H]C([2H])([2H])N/C(=C\[N+](=O)[O-])NCCS(=O)Cc1csc(CN(C)C)n1. The number of hydrogen-bond donors (Lipinski definition) is 2. The predicted octanol–water partition coefficient (Wildman–Crippen LogP) is 0.338. The van der Waals surface area contributed by atoms with Gasteiger partial charge in [0.15, 0.2) is 5.82 Å². The summed E-state index contributed by atoms with van der Waals surface area (Å²) in [7, 11) is 2.66. The first-order valence-electron chi connectivity index (χ1n) is 7.85. The van der Waals surface area contributed by atoms with Gasteiger partial charge in [-0.25, -0.2) is 4.98 Å². The highest BCUT2D eigenvalue weighted by atomic mass is 32.2. The van der Waals surface area contributed by atoms with Crippen molar-refractivity contribution in [1.82, 2.24) is 20.5 Å². The van der Waals surface area contributed by atoms with Crippen LogP contribution in [-0.2, 0) is 23.1 Å². The van der Waals surface area contributed by atoms with Gasteiger partial charge in [-0.05, 0) is 14.1 Å². The molecule has 1 aromatic rings. The van der Waals surface area contributed by atoms with E-state index in [-0.39, 0.29) is 23.9 Å². The van der Waals surface area contributed by atoms with E-state index in [1.54, 1.807) is 0 Å². The summed E-state index contributed by atoms with van der Waals surface area (Å²) < 4.78 is 33.3. The predicted molar refractivity (Wildman–Crippen MR) is 88.4 cm³/mol. The van der Waals surface area contributed by atoms with Crippen LogP contribution in [0.5, 0.6) is 0 Å². The molecule has 0 aliphatic carbocycles. The summed E-state index contributed by atoms with van der Waals surface area (Å²) in [5, 5.41) is 17.9. The number of rotatable bonds is 10. The van der Waals surface area contributed by atoms with Crippen LogP contribution in [0.2, 0.25) is 0 Å². The molecule has 1 unspecified atom stereocenters. The van der Waals surface area contributed by atoms with Crippen molar-refractivity contribution in [3.05, 3.63) is 38.2 Å². The molecule has 0 amide bonds. The summed E-state index contributed by atoms with van der Waals surface area (Å²) in [6, 6.07) is 0. The molecule has 0 aliphatic heterocycles. The van der Waals surface area contributed by atoms with Crippen LogP contribution in [0.15, 0.2) is 17.4 Å². The van der Waals surface area contributed by atoms with Gasteiger partial charge in [0.1, 0.15) is 5.01 Å². The third-order valence-electron chi connectivity index (χ3n) is 2.37. The van der Waals surface area contributed by atoms with E-state index in [9.17, 15) is 14.3 Å². The Labute approximate surface area is 140 Å². The van der Waals surface area contributed by atoms with Gasteiger partial charge in [-0.15, -0.1) is 11.3 Å². The van der Waals surface area contributed by atoms with Gasteiger partial charge in [0.05, 0.1) is 16.4 Å². The molecule has 22 heavy (non-hydrogen) atoms. The van der Waals surface area contributed by atoms with Crippen LogP contribution in [-0.4, -0.2) is 52.4 Å². The summed E-state index contributed by atoms with van der Waals surface area (Å²) in [4.78, 5) is 16.1. The van der Waals surface area contributed by atoms with Gasteiger partial charge < -0.3 is 15.5 Å². The second-order valence-corrected chi connectivity index (χ2v) is 7.16. The summed E-state index contributed by atoms with van der Waals surface area (Å²) in [6.07, 6.45) is 0.531. The van der Waals surface area contributed by atoms with E-state index in [0.717, 1.165) is 10.7 Å². The first-order valence-corrected chi connectivity index (χ1v) is 8.72. The zero-order valence-electron chi connectivity index (χ0n) is 15.4. The molecule has 0 aromatic carbocycles. The largest absolute Gasteiger partial charge is 0.370 e. The lowest BCUT2D eigenvalue weighted by Gasteiger charge is -2.07. The normalized spacial score (nSPS) is 15.8. The molecular weight excluding hydrogens is 326 g/mol. The molecule has 0 bridgehead atoms. The monoisotopic (exact) mass is 350 g/mol. The Morgan fingerprint density at radius 3 is 3.09 bits per heavy atom. The second-order valence-electron chi connectivity index (χ2n) is 4.64. The van der Waals surface area contributed by atoms with E-state index in [1.807, 2.05) is 29.7 Å². The number of nitrogens with zero attached hydrogens (tertiary/aromatic N) is 3. The average Bonchev–Trinajstić information content (AvgIpc) is 2.82. The maximum absolute atomic E-state index is 12.1. The van der Waals surface area contributed by atoms with Gasteiger partial charge in [-0.1, -0.05) is 0 Å². The van der Waals surface area contributed by atoms with E-state index in [4.69, 9.17) is 4.11 Å². The fraction of sp³-hybridized carbons (Fsp3) is 0.583. The molecule has 1 heterocycles. The van der Waals surface area contributed by atoms with Crippen LogP contribution in [0.25, 0.3) is 0 Å². The topological polar surface area (TPSA) is 100 Å². The van der Waals surface area contributed by atoms with Gasteiger partial charge in [-0.2, -0.15) is 0 Å². The zero-order valence-corrected chi connectivity index (χ0v) is 14.0. The number of thiazole rings is 1. The second kappa shape index (κ2) is 9.49. The molecule has 8 nitrogen and oxygen atoms in total. The molecular formula is C12H21N5O3S2. The lowest BCUT2D eigenvalue weighted by atomic mass is 10.5. The third-order valence-corrected chi connectivity index (χ3v) is 4.53. The van der Waals surface area contributed by atoms with Gasteiger partial charge >= 0.3 is 0 Å². The van der Waals surface area contributed by atoms with Crippen molar-refractivity contribution in [3.63, 3.8) is 0 Å². The quantitative estimate of drug-likeness (QED) is 0.463. The van der Waals surface area contributed by atoms with Crippen molar-refractivity contribution in [2.45, 2.75) is 12.3 Å². The lowest BCUT2D eigenvalue weighted by molar-refractivity contribution is -0.404. The number of nitro groups is 1. The van der Waals surface area contributed by atoms with E-state index >= 15 is 0 Å². The van der Waals surface area contributed by atoms with Crippen LogP contribution in [0.4, 0.5) is 0 Å². The van der Waals surface area contributed by atoms with Crippen LogP contribution in [0.1, 0.15) is 14.8 Å². The smallest absolute Gasteiger partial charge is 0.274 e. The standard InChI is InChI=1S/C12H21N5O3S2/c1-13-11(6-17(18)19)14-4-5-22(20)9-10-8-21-12(15-10)7-16(2)3/h6,8,13-14H,4-5,7,9H2,1-3H3/b11-6+/i1D3. The molecule has 1 rings (SSSR count). The average molecular weight is 350 g/mol. The number of aromatic nitrogens is 1. The maximum Gasteiger partial charge on any atom is 0.274 e. The first-order chi connectivity index (χ1) is 11.5. The third kappa shape index (κ3) is 7.48. The fourth-order valence-electron chi connectivity index (χ4n) is 1.52. The van der Waals surface area contributed by atoms with E-state index in [0.29, 0.717) is 12.7 Å². The molecule has 2 N–H and O–H groups in total. The van der Waals surface area contributed by atoms with Crippen molar-refractivity contribution in [3.8, 4) is 0 Å². The zero-order chi connectivity index (χ0) is 19.0. The van der Waals surface area contributed by atoms with E-state index in [2.05, 4.69) is 10.3 Å². The molecule has 10 heteroatoms. The van der Waals surface area contributed by atoms with Gasteiger partial charge in [0.25, 0.3) is 6.20 Å². The molecule has 0 saturated heterocycles. The fourth-order valence-corrected chi connectivity index (χ4v) is 3.49. The Morgan fingerprint density at radius 1 is 1.68 bits per heavy atom. The number of hydrogen-bond acceptors (Lipinski definition) is 8. The molecule has 0 radical (unpaired) electrons. The summed E-state index contributed by atoms with van der Waals surface area (Å²) >= 11 is 1.50. The highest BCUT2D eigenvalue weighted by Crippen LogP contribution is 2.12. The summed E-state index contributed by atoms with van der Waals surface area (Å²) in [5.41, 5.74) is 0.738. The summed E-state index contributed by atoms with van der Waals surface area (Å²) in [5.74, 6) is 0.245. The Bertz CT molecular complexity index is 634. The minimum Gasteiger partial charge on any atom is -0.370 e. The maximum atomic E-state index is 12.1. The van der Waals surface area contributed by atoms with Crippen molar-refractivity contribution in [2.24, 2.45) is 0 Å². The van der Waals surface area contributed by atoms with Gasteiger partial charge in [0, 0.05) is 46.1 Å². The van der Waals surface area contributed by atoms with Crippen LogP contribution >= 0.6 is 11.3 Å². The Balaban J connectivity index is 2.46. The van der Waals surface area contributed by atoms with Crippen molar-refractivity contribution in [2.75, 3.05) is 33.4 Å². The molecule has 124 valence electrons. The minimum atomic E-state index is -2.56. The molecule has 0 saturated carbocycles. The van der Waals surface area contributed by atoms with Gasteiger partial charge in [0.2, 0.25) is 0 Å². The number of nitrogens with one attached hydrogen (secondary N) is 2. The minimum absolute atomic E-state index is 0.129. The molecule has 1 atom stereocenters. The van der Waals surface area contributed by atoms with Crippen molar-refractivity contribution < 1.29 is 13.2 Å². The highest BCUT2D eigenvalue weighted by Gasteiger charge is 2.08. The lowest BCUT2D eigenvalue weighted by Crippen LogP contribution is -2.28. The van der Waals surface area contributed by atoms with Crippen LogP contribution in [0, 0.1) is 10.1 Å². The first kappa shape index (κ1) is 14.1. The van der Waals surface area contributed by atoms with E-state index in [1.165, 1.54) is 11.3 Å².